The first kappa shape index (κ1) is 21.9. The maximum Gasteiger partial charge on any atom is 0.240 e. The summed E-state index contributed by atoms with van der Waals surface area (Å²) in [5.41, 5.74) is 10.8. The van der Waals surface area contributed by atoms with Gasteiger partial charge < -0.3 is 4.57 Å². The molecule has 0 fully saturated rings. The molecule has 0 bridgehead atoms. The van der Waals surface area contributed by atoms with Gasteiger partial charge in [-0.15, -0.1) is 11.8 Å². The van der Waals surface area contributed by atoms with E-state index in [-0.39, 0.29) is 5.91 Å². The lowest BCUT2D eigenvalue weighted by Gasteiger charge is -2.11. The zero-order valence-corrected chi connectivity index (χ0v) is 19.1. The molecular formula is C25H29N3OS. The van der Waals surface area contributed by atoms with Crippen molar-refractivity contribution in [2.24, 2.45) is 5.10 Å². The molecule has 0 aliphatic carbocycles. The third-order valence-corrected chi connectivity index (χ3v) is 6.24. The minimum absolute atomic E-state index is 0.0752. The predicted octanol–water partition coefficient (Wildman–Crippen LogP) is 5.65. The molecule has 0 saturated heterocycles. The van der Waals surface area contributed by atoms with Gasteiger partial charge in [0.15, 0.2) is 0 Å². The fraction of sp³-hybridized carbons (Fsp3) is 0.280. The number of carbonyl (C=O) groups is 1. The molecule has 2 aromatic carbocycles. The number of benzene rings is 2. The van der Waals surface area contributed by atoms with E-state index in [0.29, 0.717) is 6.42 Å². The van der Waals surface area contributed by atoms with E-state index in [2.05, 4.69) is 98.2 Å². The summed E-state index contributed by atoms with van der Waals surface area (Å²) in [5, 5.41) is 4.17. The number of hydrazone groups is 1. The van der Waals surface area contributed by atoms with Gasteiger partial charge in [-0.3, -0.25) is 4.79 Å². The van der Waals surface area contributed by atoms with E-state index in [1.807, 2.05) is 0 Å². The van der Waals surface area contributed by atoms with Crippen LogP contribution >= 0.6 is 11.8 Å². The lowest BCUT2D eigenvalue weighted by molar-refractivity contribution is -0.120. The minimum Gasteiger partial charge on any atom is -0.318 e. The smallest absolute Gasteiger partial charge is 0.240 e. The highest BCUT2D eigenvalue weighted by molar-refractivity contribution is 7.99. The van der Waals surface area contributed by atoms with Crippen LogP contribution in [0.5, 0.6) is 0 Å². The second kappa shape index (κ2) is 9.81. The molecule has 0 saturated carbocycles. The molecule has 0 radical (unpaired) electrons. The number of amides is 1. The Morgan fingerprint density at radius 2 is 1.73 bits per heavy atom. The number of aromatic nitrogens is 1. The monoisotopic (exact) mass is 419 g/mol. The van der Waals surface area contributed by atoms with Crippen molar-refractivity contribution < 1.29 is 4.79 Å². The summed E-state index contributed by atoms with van der Waals surface area (Å²) in [5.74, 6) is 0.653. The van der Waals surface area contributed by atoms with Crippen LogP contribution in [0.4, 0.5) is 0 Å². The van der Waals surface area contributed by atoms with Crippen molar-refractivity contribution in [2.75, 3.05) is 5.75 Å². The molecule has 0 aliphatic heterocycles. The summed E-state index contributed by atoms with van der Waals surface area (Å²) in [6, 6.07) is 16.9. The molecule has 4 nitrogen and oxygen atoms in total. The molecule has 156 valence electrons. The standard InChI is InChI=1S/C25H29N3OS/c1-17-6-10-24(11-7-17)30-13-12-25(29)27-26-16-22-15-20(4)28(21(22)5)23-9-8-18(2)19(3)14-23/h6-11,14-16H,12-13H2,1-5H3,(H,27,29)/b26-16-. The SMILES string of the molecule is Cc1ccc(SCCC(=O)N/N=C\c2cc(C)n(-c3ccc(C)c(C)c3)c2C)cc1. The second-order valence-corrected chi connectivity index (χ2v) is 8.80. The van der Waals surface area contributed by atoms with Crippen LogP contribution in [0.25, 0.3) is 5.69 Å². The molecule has 1 N–H and O–H groups in total. The first-order chi connectivity index (χ1) is 14.3. The van der Waals surface area contributed by atoms with Gasteiger partial charge in [-0.25, -0.2) is 5.43 Å². The van der Waals surface area contributed by atoms with Crippen molar-refractivity contribution in [3.63, 3.8) is 0 Å². The summed E-state index contributed by atoms with van der Waals surface area (Å²) >= 11 is 1.68. The molecule has 3 rings (SSSR count). The second-order valence-electron chi connectivity index (χ2n) is 7.64. The highest BCUT2D eigenvalue weighted by Crippen LogP contribution is 2.22. The topological polar surface area (TPSA) is 46.4 Å². The summed E-state index contributed by atoms with van der Waals surface area (Å²) in [7, 11) is 0. The van der Waals surface area contributed by atoms with Crippen LogP contribution in [0.1, 0.15) is 40.1 Å². The number of hydrogen-bond acceptors (Lipinski definition) is 3. The number of aryl methyl sites for hydroxylation is 4. The van der Waals surface area contributed by atoms with Crippen LogP contribution in [0.2, 0.25) is 0 Å². The van der Waals surface area contributed by atoms with Gasteiger partial charge in [-0.05, 0) is 76.1 Å². The van der Waals surface area contributed by atoms with Crippen molar-refractivity contribution in [1.82, 2.24) is 9.99 Å². The van der Waals surface area contributed by atoms with Gasteiger partial charge in [-0.1, -0.05) is 23.8 Å². The van der Waals surface area contributed by atoms with E-state index in [1.54, 1.807) is 18.0 Å². The zero-order chi connectivity index (χ0) is 21.7. The average Bonchev–Trinajstić information content (AvgIpc) is 2.99. The Hall–Kier alpha value is -2.79. The molecule has 1 amide bonds. The van der Waals surface area contributed by atoms with E-state index >= 15 is 0 Å². The van der Waals surface area contributed by atoms with E-state index in [0.717, 1.165) is 28.4 Å². The summed E-state index contributed by atoms with van der Waals surface area (Å²) in [6.07, 6.45) is 2.16. The van der Waals surface area contributed by atoms with Gasteiger partial charge in [-0.2, -0.15) is 5.10 Å². The Morgan fingerprint density at radius 1 is 1.00 bits per heavy atom. The maximum absolute atomic E-state index is 12.1. The molecule has 0 spiro atoms. The first-order valence-corrected chi connectivity index (χ1v) is 11.1. The number of hydrogen-bond donors (Lipinski definition) is 1. The maximum atomic E-state index is 12.1. The number of rotatable bonds is 7. The molecule has 1 aromatic heterocycles. The predicted molar refractivity (Wildman–Crippen MR) is 127 cm³/mol. The van der Waals surface area contributed by atoms with Gasteiger partial charge >= 0.3 is 0 Å². The van der Waals surface area contributed by atoms with Crippen LogP contribution in [-0.4, -0.2) is 22.4 Å². The van der Waals surface area contributed by atoms with E-state index in [1.165, 1.54) is 21.6 Å². The molecule has 1 heterocycles. The van der Waals surface area contributed by atoms with E-state index < -0.39 is 0 Å². The molecule has 0 unspecified atom stereocenters. The molecule has 0 aliphatic rings. The largest absolute Gasteiger partial charge is 0.318 e. The van der Waals surface area contributed by atoms with Crippen LogP contribution in [-0.2, 0) is 4.79 Å². The van der Waals surface area contributed by atoms with E-state index in [4.69, 9.17) is 0 Å². The third kappa shape index (κ3) is 5.42. The Labute approximate surface area is 183 Å². The number of nitrogens with one attached hydrogen (secondary N) is 1. The van der Waals surface area contributed by atoms with Gasteiger partial charge in [0.2, 0.25) is 5.91 Å². The summed E-state index contributed by atoms with van der Waals surface area (Å²) in [4.78, 5) is 13.3. The third-order valence-electron chi connectivity index (χ3n) is 5.23. The van der Waals surface area contributed by atoms with Crippen LogP contribution < -0.4 is 5.43 Å². The van der Waals surface area contributed by atoms with Gasteiger partial charge in [0.1, 0.15) is 0 Å². The fourth-order valence-electron chi connectivity index (χ4n) is 3.31. The Balaban J connectivity index is 1.57. The molecule has 30 heavy (non-hydrogen) atoms. The normalized spacial score (nSPS) is 11.2. The Kier molecular flexibility index (Phi) is 7.16. The van der Waals surface area contributed by atoms with Crippen LogP contribution in [0.15, 0.2) is 58.5 Å². The highest BCUT2D eigenvalue weighted by Gasteiger charge is 2.10. The lowest BCUT2D eigenvalue weighted by Crippen LogP contribution is -2.17. The van der Waals surface area contributed by atoms with Crippen molar-refractivity contribution >= 4 is 23.9 Å². The highest BCUT2D eigenvalue weighted by atomic mass is 32.2. The molecular weight excluding hydrogens is 390 g/mol. The minimum atomic E-state index is -0.0752. The van der Waals surface area contributed by atoms with Crippen molar-refractivity contribution in [1.29, 1.82) is 0 Å². The number of thioether (sulfide) groups is 1. The van der Waals surface area contributed by atoms with E-state index in [9.17, 15) is 4.79 Å². The lowest BCUT2D eigenvalue weighted by atomic mass is 10.1. The fourth-order valence-corrected chi connectivity index (χ4v) is 4.16. The number of nitrogens with zero attached hydrogens (tertiary/aromatic N) is 2. The number of carbonyl (C=O) groups excluding carboxylic acids is 1. The molecule has 0 atom stereocenters. The van der Waals surface area contributed by atoms with Crippen LogP contribution in [0.3, 0.4) is 0 Å². The summed E-state index contributed by atoms with van der Waals surface area (Å²) < 4.78 is 2.22. The quantitative estimate of drug-likeness (QED) is 0.305. The molecule has 5 heteroatoms. The van der Waals surface area contributed by atoms with Gasteiger partial charge in [0, 0.05) is 39.7 Å². The van der Waals surface area contributed by atoms with Crippen molar-refractivity contribution in [3.05, 3.63) is 82.2 Å². The Morgan fingerprint density at radius 3 is 2.43 bits per heavy atom. The van der Waals surface area contributed by atoms with Crippen LogP contribution in [0, 0.1) is 34.6 Å². The zero-order valence-electron chi connectivity index (χ0n) is 18.3. The summed E-state index contributed by atoms with van der Waals surface area (Å²) in [6.45, 7) is 10.5. The average molecular weight is 420 g/mol. The van der Waals surface area contributed by atoms with Crippen molar-refractivity contribution in [2.45, 2.75) is 45.9 Å². The van der Waals surface area contributed by atoms with Gasteiger partial charge in [0.25, 0.3) is 0 Å². The molecule has 3 aromatic rings. The first-order valence-electron chi connectivity index (χ1n) is 10.1. The Bertz CT molecular complexity index is 1060. The van der Waals surface area contributed by atoms with Crippen molar-refractivity contribution in [3.8, 4) is 5.69 Å². The van der Waals surface area contributed by atoms with Gasteiger partial charge in [0.05, 0.1) is 6.21 Å².